The smallest absolute Gasteiger partial charge is 0.169 e. The predicted octanol–water partition coefficient (Wildman–Crippen LogP) is -2.12. The molecule has 4 N–H and O–H groups in total. The molecule has 8 heavy (non-hydrogen) atoms. The third-order valence-electron chi connectivity index (χ3n) is 0.927. The van der Waals surface area contributed by atoms with E-state index >= 15 is 0 Å². The van der Waals surface area contributed by atoms with Gasteiger partial charge in [0.2, 0.25) is 0 Å². The molecule has 0 saturated carbocycles. The van der Waals surface area contributed by atoms with Crippen LogP contribution in [0.2, 0.25) is 0 Å². The number of aliphatic hydroxyl groups excluding tert-OH is 2. The van der Waals surface area contributed by atoms with E-state index in [-0.39, 0.29) is 6.61 Å². The minimum absolute atomic E-state index is 0.270. The highest BCUT2D eigenvalue weighted by Gasteiger charge is 2.10. The van der Waals surface area contributed by atoms with Crippen molar-refractivity contribution in [3.8, 4) is 0 Å². The number of likely N-dealkylation sites (N-methyl/N-ethyl adjacent to an activating group) is 1. The van der Waals surface area contributed by atoms with E-state index < -0.39 is 12.3 Å². The van der Waals surface area contributed by atoms with E-state index in [2.05, 4.69) is 5.32 Å². The van der Waals surface area contributed by atoms with Gasteiger partial charge in [-0.1, -0.05) is 0 Å². The van der Waals surface area contributed by atoms with Gasteiger partial charge in [-0.15, -0.1) is 0 Å². The summed E-state index contributed by atoms with van der Waals surface area (Å²) in [6.07, 6.45) is -1.48. The second kappa shape index (κ2) is 3.80. The maximum absolute atomic E-state index is 8.35. The average Bonchev–Trinajstić information content (AvgIpc) is 1.69. The van der Waals surface area contributed by atoms with E-state index in [0.29, 0.717) is 0 Å². The summed E-state index contributed by atoms with van der Waals surface area (Å²) in [5.41, 5.74) is 0. The summed E-state index contributed by atoms with van der Waals surface area (Å²) in [4.78, 5) is 0. The Morgan fingerprint density at radius 1 is 1.50 bits per heavy atom. The molecule has 0 aromatic rings. The first kappa shape index (κ1) is 7.84. The van der Waals surface area contributed by atoms with Gasteiger partial charge >= 0.3 is 0 Å². The monoisotopic (exact) mass is 121 g/mol. The largest absolute Gasteiger partial charge is 0.395 e. The van der Waals surface area contributed by atoms with Crippen LogP contribution in [0.25, 0.3) is 0 Å². The van der Waals surface area contributed by atoms with Crippen molar-refractivity contribution in [3.63, 3.8) is 0 Å². The Labute approximate surface area is 47.8 Å². The maximum Gasteiger partial charge on any atom is 0.169 e. The first-order chi connectivity index (χ1) is 3.72. The van der Waals surface area contributed by atoms with Crippen molar-refractivity contribution in [2.45, 2.75) is 12.3 Å². The number of rotatable bonds is 3. The van der Waals surface area contributed by atoms with Crippen molar-refractivity contribution < 1.29 is 15.3 Å². The Hall–Kier alpha value is -0.160. The summed E-state index contributed by atoms with van der Waals surface area (Å²) in [6.45, 7) is -0.270. The lowest BCUT2D eigenvalue weighted by atomic mass is 10.3. The third kappa shape index (κ3) is 2.23. The molecule has 0 fully saturated rings. The van der Waals surface area contributed by atoms with Crippen LogP contribution in [0.1, 0.15) is 0 Å². The van der Waals surface area contributed by atoms with Gasteiger partial charge in [0.1, 0.15) is 0 Å². The second-order valence-corrected chi connectivity index (χ2v) is 1.49. The first-order valence-corrected chi connectivity index (χ1v) is 2.36. The summed E-state index contributed by atoms with van der Waals surface area (Å²) in [7, 11) is 1.54. The van der Waals surface area contributed by atoms with Crippen molar-refractivity contribution in [3.05, 3.63) is 0 Å². The van der Waals surface area contributed by atoms with Gasteiger partial charge in [-0.2, -0.15) is 0 Å². The minimum atomic E-state index is -1.48. The van der Waals surface area contributed by atoms with E-state index in [4.69, 9.17) is 15.3 Å². The molecule has 0 radical (unpaired) electrons. The van der Waals surface area contributed by atoms with E-state index in [1.165, 1.54) is 0 Å². The quantitative estimate of drug-likeness (QED) is 0.322. The molecule has 4 heteroatoms. The zero-order valence-electron chi connectivity index (χ0n) is 4.70. The fourth-order valence-corrected chi connectivity index (χ4v) is 0.335. The van der Waals surface area contributed by atoms with Crippen LogP contribution in [0, 0.1) is 0 Å². The molecule has 0 rings (SSSR count). The topological polar surface area (TPSA) is 72.7 Å². The number of hydrogen-bond donors (Lipinski definition) is 4. The normalized spacial score (nSPS) is 14.6. The van der Waals surface area contributed by atoms with Gasteiger partial charge < -0.3 is 20.6 Å². The third-order valence-corrected chi connectivity index (χ3v) is 0.927. The second-order valence-electron chi connectivity index (χ2n) is 1.49. The molecule has 1 atom stereocenters. The zero-order valence-corrected chi connectivity index (χ0v) is 4.70. The van der Waals surface area contributed by atoms with Gasteiger partial charge in [-0.05, 0) is 7.05 Å². The summed E-state index contributed by atoms with van der Waals surface area (Å²) in [5, 5.41) is 27.5. The fourth-order valence-electron chi connectivity index (χ4n) is 0.335. The lowest BCUT2D eigenvalue weighted by Crippen LogP contribution is -2.40. The van der Waals surface area contributed by atoms with E-state index in [9.17, 15) is 0 Å². The molecule has 0 heterocycles. The summed E-state index contributed by atoms with van der Waals surface area (Å²) < 4.78 is 0. The minimum Gasteiger partial charge on any atom is -0.395 e. The van der Waals surface area contributed by atoms with Crippen molar-refractivity contribution in [1.29, 1.82) is 0 Å². The highest BCUT2D eigenvalue weighted by Crippen LogP contribution is 1.84. The van der Waals surface area contributed by atoms with Crippen LogP contribution in [0.3, 0.4) is 0 Å². The van der Waals surface area contributed by atoms with Gasteiger partial charge in [-0.25, -0.2) is 0 Å². The van der Waals surface area contributed by atoms with Crippen LogP contribution in [-0.4, -0.2) is 41.3 Å². The van der Waals surface area contributed by atoms with Crippen molar-refractivity contribution in [2.75, 3.05) is 13.7 Å². The molecule has 0 spiro atoms. The SMILES string of the molecule is CNC(CO)C(O)O. The summed E-state index contributed by atoms with van der Waals surface area (Å²) in [6, 6.07) is -0.630. The van der Waals surface area contributed by atoms with Gasteiger partial charge in [0.05, 0.1) is 12.6 Å². The molecule has 0 saturated heterocycles. The van der Waals surface area contributed by atoms with Gasteiger partial charge in [0, 0.05) is 0 Å². The Bertz CT molecular complexity index is 53.2. The van der Waals surface area contributed by atoms with Gasteiger partial charge in [0.15, 0.2) is 6.29 Å². The standard InChI is InChI=1S/C4H11NO3/c1-5-3(2-6)4(7)8/h3-8H,2H2,1H3. The van der Waals surface area contributed by atoms with E-state index in [1.54, 1.807) is 7.05 Å². The maximum atomic E-state index is 8.35. The molecule has 50 valence electrons. The molecule has 0 bridgehead atoms. The molecule has 0 aliphatic heterocycles. The number of nitrogens with one attached hydrogen (secondary N) is 1. The Kier molecular flexibility index (Phi) is 3.72. The van der Waals surface area contributed by atoms with Crippen LogP contribution < -0.4 is 5.32 Å². The van der Waals surface area contributed by atoms with Crippen LogP contribution in [-0.2, 0) is 0 Å². The molecule has 0 aromatic heterocycles. The lowest BCUT2D eigenvalue weighted by molar-refractivity contribution is -0.0759. The molecule has 0 aliphatic carbocycles. The summed E-state index contributed by atoms with van der Waals surface area (Å²) >= 11 is 0. The van der Waals surface area contributed by atoms with Crippen LogP contribution >= 0.6 is 0 Å². The Morgan fingerprint density at radius 2 is 2.00 bits per heavy atom. The first-order valence-electron chi connectivity index (χ1n) is 2.36. The fraction of sp³-hybridized carbons (Fsp3) is 1.00. The molecule has 4 nitrogen and oxygen atoms in total. The summed E-state index contributed by atoms with van der Waals surface area (Å²) in [5.74, 6) is 0. The van der Waals surface area contributed by atoms with Crippen LogP contribution in [0.5, 0.6) is 0 Å². The van der Waals surface area contributed by atoms with Crippen molar-refractivity contribution in [2.24, 2.45) is 0 Å². The van der Waals surface area contributed by atoms with Crippen molar-refractivity contribution in [1.82, 2.24) is 5.32 Å². The number of aliphatic hydroxyl groups is 3. The van der Waals surface area contributed by atoms with Gasteiger partial charge in [-0.3, -0.25) is 0 Å². The predicted molar refractivity (Wildman–Crippen MR) is 28.2 cm³/mol. The lowest BCUT2D eigenvalue weighted by Gasteiger charge is -2.13. The van der Waals surface area contributed by atoms with E-state index in [0.717, 1.165) is 0 Å². The van der Waals surface area contributed by atoms with Gasteiger partial charge in [0.25, 0.3) is 0 Å². The highest BCUT2D eigenvalue weighted by atomic mass is 16.5. The van der Waals surface area contributed by atoms with Crippen LogP contribution in [0.15, 0.2) is 0 Å². The Morgan fingerprint density at radius 3 is 2.00 bits per heavy atom. The number of hydrogen-bond acceptors (Lipinski definition) is 4. The van der Waals surface area contributed by atoms with Crippen LogP contribution in [0.4, 0.5) is 0 Å². The Balaban J connectivity index is 3.35. The molecular formula is C4H11NO3. The van der Waals surface area contributed by atoms with E-state index in [1.807, 2.05) is 0 Å². The molecule has 0 aliphatic rings. The highest BCUT2D eigenvalue weighted by molar-refractivity contribution is 4.62. The average molecular weight is 121 g/mol. The molecular weight excluding hydrogens is 110 g/mol. The molecule has 0 aromatic carbocycles. The van der Waals surface area contributed by atoms with Crippen molar-refractivity contribution >= 4 is 0 Å². The molecule has 0 amide bonds. The molecule has 1 unspecified atom stereocenters. The zero-order chi connectivity index (χ0) is 6.57.